The minimum Gasteiger partial charge on any atom is -0.496 e. The SMILES string of the molecule is COc1cccc2[nH]cc(S)c12. The van der Waals surface area contributed by atoms with Crippen molar-refractivity contribution in [2.75, 3.05) is 7.11 Å². The normalized spacial score (nSPS) is 10.5. The third-order valence-corrected chi connectivity index (χ3v) is 2.22. The fraction of sp³-hybridized carbons (Fsp3) is 0.111. The summed E-state index contributed by atoms with van der Waals surface area (Å²) in [6.07, 6.45) is 1.86. The van der Waals surface area contributed by atoms with Crippen LogP contribution in [-0.2, 0) is 0 Å². The molecule has 1 N–H and O–H groups in total. The van der Waals surface area contributed by atoms with Crippen molar-refractivity contribution in [3.63, 3.8) is 0 Å². The molecule has 0 bridgehead atoms. The van der Waals surface area contributed by atoms with Crippen LogP contribution < -0.4 is 4.74 Å². The summed E-state index contributed by atoms with van der Waals surface area (Å²) in [5, 5.41) is 1.04. The van der Waals surface area contributed by atoms with Gasteiger partial charge in [-0.1, -0.05) is 6.07 Å². The van der Waals surface area contributed by atoms with Crippen molar-refractivity contribution in [1.29, 1.82) is 0 Å². The van der Waals surface area contributed by atoms with Crippen LogP contribution in [-0.4, -0.2) is 12.1 Å². The van der Waals surface area contributed by atoms with Gasteiger partial charge in [-0.05, 0) is 12.1 Å². The third-order valence-electron chi connectivity index (χ3n) is 1.87. The Morgan fingerprint density at radius 3 is 3.00 bits per heavy atom. The van der Waals surface area contributed by atoms with Gasteiger partial charge in [0, 0.05) is 11.1 Å². The molecule has 1 aromatic carbocycles. The summed E-state index contributed by atoms with van der Waals surface area (Å²) in [6.45, 7) is 0. The zero-order valence-electron chi connectivity index (χ0n) is 6.66. The largest absolute Gasteiger partial charge is 0.496 e. The van der Waals surface area contributed by atoms with E-state index in [1.54, 1.807) is 7.11 Å². The average Bonchev–Trinajstić information content (AvgIpc) is 2.48. The van der Waals surface area contributed by atoms with E-state index in [1.807, 2.05) is 24.4 Å². The number of aromatic nitrogens is 1. The van der Waals surface area contributed by atoms with Crippen LogP contribution in [0.3, 0.4) is 0 Å². The van der Waals surface area contributed by atoms with Crippen molar-refractivity contribution < 1.29 is 4.74 Å². The van der Waals surface area contributed by atoms with E-state index in [2.05, 4.69) is 17.6 Å². The summed E-state index contributed by atoms with van der Waals surface area (Å²) in [7, 11) is 1.66. The number of methoxy groups -OCH3 is 1. The molecule has 0 aliphatic carbocycles. The Kier molecular flexibility index (Phi) is 1.73. The topological polar surface area (TPSA) is 25.0 Å². The van der Waals surface area contributed by atoms with Crippen molar-refractivity contribution in [3.05, 3.63) is 24.4 Å². The Labute approximate surface area is 76.0 Å². The van der Waals surface area contributed by atoms with Crippen molar-refractivity contribution >= 4 is 23.5 Å². The summed E-state index contributed by atoms with van der Waals surface area (Å²) >= 11 is 4.31. The second-order valence-electron chi connectivity index (χ2n) is 2.56. The molecule has 12 heavy (non-hydrogen) atoms. The zero-order valence-corrected chi connectivity index (χ0v) is 7.56. The van der Waals surface area contributed by atoms with E-state index >= 15 is 0 Å². The minimum absolute atomic E-state index is 0.860. The second-order valence-corrected chi connectivity index (χ2v) is 3.04. The molecular formula is C9H9NOS. The molecule has 0 aliphatic heterocycles. The Morgan fingerprint density at radius 2 is 2.25 bits per heavy atom. The number of ether oxygens (including phenoxy) is 1. The van der Waals surface area contributed by atoms with Gasteiger partial charge < -0.3 is 9.72 Å². The number of rotatable bonds is 1. The van der Waals surface area contributed by atoms with Crippen molar-refractivity contribution in [3.8, 4) is 5.75 Å². The molecule has 62 valence electrons. The number of aromatic amines is 1. The predicted octanol–water partition coefficient (Wildman–Crippen LogP) is 2.47. The first-order valence-electron chi connectivity index (χ1n) is 3.66. The molecule has 1 heterocycles. The van der Waals surface area contributed by atoms with Gasteiger partial charge in [0.05, 0.1) is 18.0 Å². The maximum Gasteiger partial charge on any atom is 0.129 e. The second kappa shape index (κ2) is 2.75. The zero-order chi connectivity index (χ0) is 8.55. The van der Waals surface area contributed by atoms with Gasteiger partial charge >= 0.3 is 0 Å². The molecule has 1 aromatic heterocycles. The lowest BCUT2D eigenvalue weighted by atomic mass is 10.2. The lowest BCUT2D eigenvalue weighted by Gasteiger charge is -2.00. The Morgan fingerprint density at radius 1 is 1.42 bits per heavy atom. The molecule has 0 radical (unpaired) electrons. The van der Waals surface area contributed by atoms with Crippen LogP contribution in [0.1, 0.15) is 0 Å². The van der Waals surface area contributed by atoms with Crippen molar-refractivity contribution in [1.82, 2.24) is 4.98 Å². The van der Waals surface area contributed by atoms with Gasteiger partial charge in [-0.25, -0.2) is 0 Å². The Bertz CT molecular complexity index is 408. The van der Waals surface area contributed by atoms with E-state index in [0.717, 1.165) is 21.5 Å². The van der Waals surface area contributed by atoms with Crippen LogP contribution in [0.5, 0.6) is 5.75 Å². The van der Waals surface area contributed by atoms with Crippen LogP contribution in [0.15, 0.2) is 29.3 Å². The van der Waals surface area contributed by atoms with Crippen LogP contribution >= 0.6 is 12.6 Å². The lowest BCUT2D eigenvalue weighted by molar-refractivity contribution is 0.419. The van der Waals surface area contributed by atoms with E-state index < -0.39 is 0 Å². The number of hydrogen-bond donors (Lipinski definition) is 2. The van der Waals surface area contributed by atoms with Gasteiger partial charge in [-0.15, -0.1) is 12.6 Å². The van der Waals surface area contributed by atoms with Gasteiger partial charge in [0.2, 0.25) is 0 Å². The average molecular weight is 179 g/mol. The number of thiol groups is 1. The summed E-state index contributed by atoms with van der Waals surface area (Å²) in [6, 6.07) is 5.87. The number of nitrogens with one attached hydrogen (secondary N) is 1. The molecular weight excluding hydrogens is 170 g/mol. The summed E-state index contributed by atoms with van der Waals surface area (Å²) in [5.74, 6) is 0.860. The number of benzene rings is 1. The molecule has 0 aliphatic rings. The molecule has 0 saturated carbocycles. The van der Waals surface area contributed by atoms with E-state index in [1.165, 1.54) is 0 Å². The number of H-pyrrole nitrogens is 1. The predicted molar refractivity (Wildman–Crippen MR) is 52.1 cm³/mol. The minimum atomic E-state index is 0.860. The van der Waals surface area contributed by atoms with Crippen LogP contribution in [0, 0.1) is 0 Å². The Hall–Kier alpha value is -1.09. The van der Waals surface area contributed by atoms with E-state index in [9.17, 15) is 0 Å². The van der Waals surface area contributed by atoms with Gasteiger partial charge in [-0.2, -0.15) is 0 Å². The van der Waals surface area contributed by atoms with Gasteiger partial charge in [0.25, 0.3) is 0 Å². The van der Waals surface area contributed by atoms with E-state index in [-0.39, 0.29) is 0 Å². The van der Waals surface area contributed by atoms with Crippen LogP contribution in [0.2, 0.25) is 0 Å². The molecule has 3 heteroatoms. The highest BCUT2D eigenvalue weighted by molar-refractivity contribution is 7.80. The lowest BCUT2D eigenvalue weighted by Crippen LogP contribution is -1.82. The summed E-state index contributed by atoms with van der Waals surface area (Å²) < 4.78 is 5.20. The standard InChI is InChI=1S/C9H9NOS/c1-11-7-4-2-3-6-9(7)8(12)5-10-6/h2-5,10,12H,1H3. The van der Waals surface area contributed by atoms with E-state index in [4.69, 9.17) is 4.74 Å². The quantitative estimate of drug-likeness (QED) is 0.646. The first-order chi connectivity index (χ1) is 5.83. The smallest absolute Gasteiger partial charge is 0.129 e. The fourth-order valence-corrected chi connectivity index (χ4v) is 1.60. The van der Waals surface area contributed by atoms with Crippen molar-refractivity contribution in [2.24, 2.45) is 0 Å². The molecule has 2 nitrogen and oxygen atoms in total. The maximum atomic E-state index is 5.20. The number of fused-ring (bicyclic) bond motifs is 1. The molecule has 0 amide bonds. The molecule has 0 saturated heterocycles. The van der Waals surface area contributed by atoms with Crippen LogP contribution in [0.25, 0.3) is 10.9 Å². The maximum absolute atomic E-state index is 5.20. The van der Waals surface area contributed by atoms with Crippen molar-refractivity contribution in [2.45, 2.75) is 4.90 Å². The third kappa shape index (κ3) is 0.975. The molecule has 0 fully saturated rings. The molecule has 0 spiro atoms. The summed E-state index contributed by atoms with van der Waals surface area (Å²) in [5.41, 5.74) is 1.05. The highest BCUT2D eigenvalue weighted by Crippen LogP contribution is 2.30. The van der Waals surface area contributed by atoms with Gasteiger partial charge in [-0.3, -0.25) is 0 Å². The molecule has 0 unspecified atom stereocenters. The highest BCUT2D eigenvalue weighted by Gasteiger charge is 2.04. The van der Waals surface area contributed by atoms with E-state index in [0.29, 0.717) is 0 Å². The van der Waals surface area contributed by atoms with Gasteiger partial charge in [0.15, 0.2) is 0 Å². The monoisotopic (exact) mass is 179 g/mol. The van der Waals surface area contributed by atoms with Crippen LogP contribution in [0.4, 0.5) is 0 Å². The van der Waals surface area contributed by atoms with Gasteiger partial charge in [0.1, 0.15) is 5.75 Å². The first kappa shape index (κ1) is 7.55. The highest BCUT2D eigenvalue weighted by atomic mass is 32.1. The first-order valence-corrected chi connectivity index (χ1v) is 4.10. The summed E-state index contributed by atoms with van der Waals surface area (Å²) in [4.78, 5) is 4.03. The molecule has 2 aromatic rings. The fourth-order valence-electron chi connectivity index (χ4n) is 1.30. The Balaban J connectivity index is 2.84. The number of hydrogen-bond acceptors (Lipinski definition) is 2. The molecule has 2 rings (SSSR count). The molecule has 0 atom stereocenters.